The summed E-state index contributed by atoms with van der Waals surface area (Å²) in [4.78, 5) is 0. The van der Waals surface area contributed by atoms with Crippen LogP contribution in [0.3, 0.4) is 0 Å². The molecular formula is C11H18N2O. The van der Waals surface area contributed by atoms with Crippen molar-refractivity contribution in [1.29, 1.82) is 0 Å². The minimum atomic E-state index is 0.653. The lowest BCUT2D eigenvalue weighted by atomic mass is 10.1. The molecule has 0 amide bonds. The van der Waals surface area contributed by atoms with Gasteiger partial charge in [-0.2, -0.15) is 0 Å². The fourth-order valence-electron chi connectivity index (χ4n) is 1.31. The van der Waals surface area contributed by atoms with Crippen LogP contribution in [0.2, 0.25) is 0 Å². The van der Waals surface area contributed by atoms with Gasteiger partial charge >= 0.3 is 0 Å². The highest BCUT2D eigenvalue weighted by molar-refractivity contribution is 5.54. The molecule has 1 rings (SSSR count). The highest BCUT2D eigenvalue weighted by Gasteiger charge is 2.00. The van der Waals surface area contributed by atoms with Crippen LogP contribution < -0.4 is 15.8 Å². The summed E-state index contributed by atoms with van der Waals surface area (Å²) >= 11 is 0. The molecule has 0 bridgehead atoms. The number of rotatable bonds is 5. The molecule has 0 spiro atoms. The molecule has 14 heavy (non-hydrogen) atoms. The summed E-state index contributed by atoms with van der Waals surface area (Å²) in [7, 11) is 1.94. The Labute approximate surface area is 85.3 Å². The molecule has 1 aromatic rings. The van der Waals surface area contributed by atoms with Gasteiger partial charge in [0.1, 0.15) is 5.75 Å². The van der Waals surface area contributed by atoms with Crippen LogP contribution in [-0.2, 0) is 6.42 Å². The molecule has 0 aliphatic heterocycles. The molecule has 3 nitrogen and oxygen atoms in total. The number of ether oxygens (including phenoxy) is 1. The van der Waals surface area contributed by atoms with E-state index in [1.165, 1.54) is 5.56 Å². The Hall–Kier alpha value is -1.22. The zero-order chi connectivity index (χ0) is 10.4. The number of hydrogen-bond acceptors (Lipinski definition) is 3. The Balaban J connectivity index is 2.68. The Morgan fingerprint density at radius 1 is 1.43 bits per heavy atom. The van der Waals surface area contributed by atoms with Crippen LogP contribution in [0.4, 0.5) is 5.69 Å². The van der Waals surface area contributed by atoms with Crippen molar-refractivity contribution in [2.24, 2.45) is 0 Å². The van der Waals surface area contributed by atoms with Crippen molar-refractivity contribution in [3.63, 3.8) is 0 Å². The van der Waals surface area contributed by atoms with Crippen molar-refractivity contribution in [2.45, 2.75) is 13.3 Å². The molecule has 0 heterocycles. The highest BCUT2D eigenvalue weighted by Crippen LogP contribution is 2.22. The molecule has 1 aromatic carbocycles. The lowest BCUT2D eigenvalue weighted by Crippen LogP contribution is -2.10. The summed E-state index contributed by atoms with van der Waals surface area (Å²) in [6.45, 7) is 3.57. The third-order valence-corrected chi connectivity index (χ3v) is 2.04. The summed E-state index contributed by atoms with van der Waals surface area (Å²) in [5.41, 5.74) is 7.79. The first kappa shape index (κ1) is 10.9. The number of nitrogens with two attached hydrogens (primary N) is 1. The Morgan fingerprint density at radius 3 is 2.79 bits per heavy atom. The highest BCUT2D eigenvalue weighted by atomic mass is 16.5. The second-order valence-corrected chi connectivity index (χ2v) is 3.16. The van der Waals surface area contributed by atoms with Gasteiger partial charge in [-0.1, -0.05) is 6.07 Å². The third-order valence-electron chi connectivity index (χ3n) is 2.04. The third kappa shape index (κ3) is 2.92. The van der Waals surface area contributed by atoms with E-state index in [4.69, 9.17) is 10.5 Å². The summed E-state index contributed by atoms with van der Waals surface area (Å²) in [6, 6.07) is 5.96. The molecule has 0 fully saturated rings. The zero-order valence-electron chi connectivity index (χ0n) is 8.84. The van der Waals surface area contributed by atoms with E-state index in [0.717, 1.165) is 24.4 Å². The van der Waals surface area contributed by atoms with Gasteiger partial charge in [0.25, 0.3) is 0 Å². The molecule has 0 radical (unpaired) electrons. The van der Waals surface area contributed by atoms with Crippen LogP contribution in [0.5, 0.6) is 5.75 Å². The molecule has 0 aromatic heterocycles. The standard InChI is InChI=1S/C11H18N2O/c1-3-14-11-5-4-9(6-7-13-2)8-10(11)12/h4-5,8,13H,3,6-7,12H2,1-2H3. The predicted octanol–water partition coefficient (Wildman–Crippen LogP) is 1.43. The van der Waals surface area contributed by atoms with Gasteiger partial charge in [-0.15, -0.1) is 0 Å². The topological polar surface area (TPSA) is 47.3 Å². The quantitative estimate of drug-likeness (QED) is 0.697. The monoisotopic (exact) mass is 194 g/mol. The van der Waals surface area contributed by atoms with Crippen LogP contribution in [0.1, 0.15) is 12.5 Å². The lowest BCUT2D eigenvalue weighted by Gasteiger charge is -2.08. The average molecular weight is 194 g/mol. The summed E-state index contributed by atoms with van der Waals surface area (Å²) < 4.78 is 5.36. The first-order chi connectivity index (χ1) is 6.77. The minimum Gasteiger partial charge on any atom is -0.492 e. The molecule has 3 heteroatoms. The van der Waals surface area contributed by atoms with E-state index >= 15 is 0 Å². The maximum Gasteiger partial charge on any atom is 0.142 e. The van der Waals surface area contributed by atoms with Gasteiger partial charge in [0, 0.05) is 0 Å². The largest absolute Gasteiger partial charge is 0.492 e. The summed E-state index contributed by atoms with van der Waals surface area (Å²) in [5.74, 6) is 0.778. The smallest absolute Gasteiger partial charge is 0.142 e. The maximum absolute atomic E-state index is 5.83. The van der Waals surface area contributed by atoms with Crippen LogP contribution in [0.15, 0.2) is 18.2 Å². The van der Waals surface area contributed by atoms with Gasteiger partial charge in [0.15, 0.2) is 0 Å². The van der Waals surface area contributed by atoms with Gasteiger partial charge in [0.2, 0.25) is 0 Å². The number of nitrogen functional groups attached to an aromatic ring is 1. The first-order valence-corrected chi connectivity index (χ1v) is 4.93. The second-order valence-electron chi connectivity index (χ2n) is 3.16. The van der Waals surface area contributed by atoms with Crippen molar-refractivity contribution in [3.05, 3.63) is 23.8 Å². The van der Waals surface area contributed by atoms with E-state index < -0.39 is 0 Å². The second kappa shape index (κ2) is 5.50. The number of hydrogen-bond donors (Lipinski definition) is 2. The molecule has 0 aliphatic rings. The van der Waals surface area contributed by atoms with Gasteiger partial charge < -0.3 is 15.8 Å². The lowest BCUT2D eigenvalue weighted by molar-refractivity contribution is 0.342. The maximum atomic E-state index is 5.83. The number of benzene rings is 1. The van der Waals surface area contributed by atoms with E-state index in [1.807, 2.05) is 26.1 Å². The Kier molecular flexibility index (Phi) is 4.26. The molecule has 0 saturated carbocycles. The van der Waals surface area contributed by atoms with Gasteiger partial charge in [-0.25, -0.2) is 0 Å². The minimum absolute atomic E-state index is 0.653. The molecular weight excluding hydrogens is 176 g/mol. The summed E-state index contributed by atoms with van der Waals surface area (Å²) in [5, 5.41) is 3.10. The van der Waals surface area contributed by atoms with Crippen LogP contribution in [-0.4, -0.2) is 20.2 Å². The van der Waals surface area contributed by atoms with Crippen molar-refractivity contribution >= 4 is 5.69 Å². The fraction of sp³-hybridized carbons (Fsp3) is 0.455. The molecule has 0 aliphatic carbocycles. The van der Waals surface area contributed by atoms with Crippen LogP contribution in [0, 0.1) is 0 Å². The Bertz CT molecular complexity index is 287. The van der Waals surface area contributed by atoms with Crippen molar-refractivity contribution in [3.8, 4) is 5.75 Å². The van der Waals surface area contributed by atoms with Crippen LogP contribution in [0.25, 0.3) is 0 Å². The normalized spacial score (nSPS) is 10.1. The van der Waals surface area contributed by atoms with Crippen LogP contribution >= 0.6 is 0 Å². The zero-order valence-corrected chi connectivity index (χ0v) is 8.84. The Morgan fingerprint density at radius 2 is 2.21 bits per heavy atom. The molecule has 0 unspecified atom stereocenters. The SMILES string of the molecule is CCOc1ccc(CCNC)cc1N. The molecule has 3 N–H and O–H groups in total. The van der Waals surface area contributed by atoms with E-state index in [9.17, 15) is 0 Å². The van der Waals surface area contributed by atoms with Gasteiger partial charge in [0.05, 0.1) is 12.3 Å². The summed E-state index contributed by atoms with van der Waals surface area (Å²) in [6.07, 6.45) is 0.993. The number of likely N-dealkylation sites (N-methyl/N-ethyl adjacent to an activating group) is 1. The number of nitrogens with one attached hydrogen (secondary N) is 1. The van der Waals surface area contributed by atoms with Gasteiger partial charge in [-0.3, -0.25) is 0 Å². The molecule has 78 valence electrons. The number of anilines is 1. The van der Waals surface area contributed by atoms with E-state index in [1.54, 1.807) is 0 Å². The van der Waals surface area contributed by atoms with E-state index in [0.29, 0.717) is 6.61 Å². The average Bonchev–Trinajstić information content (AvgIpc) is 2.19. The molecule has 0 atom stereocenters. The van der Waals surface area contributed by atoms with Crippen molar-refractivity contribution < 1.29 is 4.74 Å². The predicted molar refractivity (Wildman–Crippen MR) is 59.7 cm³/mol. The fourth-order valence-corrected chi connectivity index (χ4v) is 1.31. The van der Waals surface area contributed by atoms with E-state index in [-0.39, 0.29) is 0 Å². The van der Waals surface area contributed by atoms with Gasteiger partial charge in [-0.05, 0) is 44.6 Å². The van der Waals surface area contributed by atoms with Crippen molar-refractivity contribution in [2.75, 3.05) is 25.9 Å². The van der Waals surface area contributed by atoms with E-state index in [2.05, 4.69) is 11.4 Å². The van der Waals surface area contributed by atoms with Crippen molar-refractivity contribution in [1.82, 2.24) is 5.32 Å². The first-order valence-electron chi connectivity index (χ1n) is 4.93. The molecule has 0 saturated heterocycles.